The van der Waals surface area contributed by atoms with E-state index in [1.165, 1.54) is 16.5 Å². The Labute approximate surface area is 114 Å². The molecular weight excluding hydrogens is 236 g/mol. The maximum absolute atomic E-state index is 9.49. The SMILES string of the molecule is OC1CCC(NCCc2c[nH]c3ccccc23)CC1. The lowest BCUT2D eigenvalue weighted by Crippen LogP contribution is -2.35. The van der Waals surface area contributed by atoms with Crippen molar-refractivity contribution in [2.75, 3.05) is 6.54 Å². The topological polar surface area (TPSA) is 48.0 Å². The minimum atomic E-state index is -0.0633. The van der Waals surface area contributed by atoms with E-state index in [-0.39, 0.29) is 6.10 Å². The lowest BCUT2D eigenvalue weighted by molar-refractivity contribution is 0.117. The van der Waals surface area contributed by atoms with E-state index >= 15 is 0 Å². The number of hydrogen-bond acceptors (Lipinski definition) is 2. The number of aromatic nitrogens is 1. The molecule has 1 aromatic carbocycles. The Kier molecular flexibility index (Phi) is 3.85. The molecule has 0 amide bonds. The van der Waals surface area contributed by atoms with Crippen LogP contribution in [0.15, 0.2) is 30.5 Å². The van der Waals surface area contributed by atoms with E-state index < -0.39 is 0 Å². The second kappa shape index (κ2) is 5.76. The number of rotatable bonds is 4. The molecule has 102 valence electrons. The predicted octanol–water partition coefficient (Wildman–Crippen LogP) is 2.60. The molecule has 0 unspecified atom stereocenters. The van der Waals surface area contributed by atoms with Crippen LogP contribution < -0.4 is 5.32 Å². The normalized spacial score (nSPS) is 23.8. The summed E-state index contributed by atoms with van der Waals surface area (Å²) in [5.74, 6) is 0. The fourth-order valence-electron chi connectivity index (χ4n) is 3.03. The molecule has 0 bridgehead atoms. The van der Waals surface area contributed by atoms with Gasteiger partial charge in [-0.25, -0.2) is 0 Å². The highest BCUT2D eigenvalue weighted by Gasteiger charge is 2.18. The molecule has 0 saturated heterocycles. The van der Waals surface area contributed by atoms with Gasteiger partial charge in [0.2, 0.25) is 0 Å². The van der Waals surface area contributed by atoms with Gasteiger partial charge in [-0.15, -0.1) is 0 Å². The van der Waals surface area contributed by atoms with Crippen LogP contribution in [0.25, 0.3) is 10.9 Å². The van der Waals surface area contributed by atoms with Crippen LogP contribution in [0.5, 0.6) is 0 Å². The number of para-hydroxylation sites is 1. The standard InChI is InChI=1S/C16H22N2O/c19-14-7-5-13(6-8-14)17-10-9-12-11-18-16-4-2-1-3-15(12)16/h1-4,11,13-14,17-19H,5-10H2. The van der Waals surface area contributed by atoms with E-state index in [0.717, 1.165) is 38.6 Å². The van der Waals surface area contributed by atoms with Crippen molar-refractivity contribution in [1.29, 1.82) is 0 Å². The molecule has 0 radical (unpaired) electrons. The largest absolute Gasteiger partial charge is 0.393 e. The zero-order valence-electron chi connectivity index (χ0n) is 11.2. The number of fused-ring (bicyclic) bond motifs is 1. The van der Waals surface area contributed by atoms with E-state index in [2.05, 4.69) is 40.8 Å². The average Bonchev–Trinajstić information content (AvgIpc) is 2.85. The van der Waals surface area contributed by atoms with Crippen LogP contribution in [0.2, 0.25) is 0 Å². The lowest BCUT2D eigenvalue weighted by atomic mass is 9.93. The van der Waals surface area contributed by atoms with Gasteiger partial charge in [-0.3, -0.25) is 0 Å². The van der Waals surface area contributed by atoms with Gasteiger partial charge in [0.15, 0.2) is 0 Å². The number of hydrogen-bond donors (Lipinski definition) is 3. The zero-order chi connectivity index (χ0) is 13.1. The molecule has 1 aliphatic rings. The van der Waals surface area contributed by atoms with Gasteiger partial charge in [0.05, 0.1) is 6.10 Å². The van der Waals surface area contributed by atoms with Crippen LogP contribution in [0.1, 0.15) is 31.2 Å². The Bertz CT molecular complexity index is 526. The Morgan fingerprint density at radius 3 is 2.79 bits per heavy atom. The lowest BCUT2D eigenvalue weighted by Gasteiger charge is -2.26. The van der Waals surface area contributed by atoms with Crippen LogP contribution in [-0.4, -0.2) is 28.8 Å². The van der Waals surface area contributed by atoms with Crippen molar-refractivity contribution in [2.45, 2.75) is 44.2 Å². The molecule has 0 spiro atoms. The van der Waals surface area contributed by atoms with Crippen molar-refractivity contribution in [2.24, 2.45) is 0 Å². The van der Waals surface area contributed by atoms with Crippen molar-refractivity contribution in [3.8, 4) is 0 Å². The maximum Gasteiger partial charge on any atom is 0.0541 e. The number of benzene rings is 1. The average molecular weight is 258 g/mol. The highest BCUT2D eigenvalue weighted by Crippen LogP contribution is 2.20. The highest BCUT2D eigenvalue weighted by atomic mass is 16.3. The molecule has 1 heterocycles. The van der Waals surface area contributed by atoms with Crippen LogP contribution in [0, 0.1) is 0 Å². The summed E-state index contributed by atoms with van der Waals surface area (Å²) >= 11 is 0. The molecule has 3 rings (SSSR count). The monoisotopic (exact) mass is 258 g/mol. The quantitative estimate of drug-likeness (QED) is 0.789. The molecule has 3 N–H and O–H groups in total. The summed E-state index contributed by atoms with van der Waals surface area (Å²) in [6.07, 6.45) is 7.23. The summed E-state index contributed by atoms with van der Waals surface area (Å²) < 4.78 is 0. The van der Waals surface area contributed by atoms with Gasteiger partial charge in [-0.1, -0.05) is 18.2 Å². The summed E-state index contributed by atoms with van der Waals surface area (Å²) in [7, 11) is 0. The number of aromatic amines is 1. The summed E-state index contributed by atoms with van der Waals surface area (Å²) in [5, 5.41) is 14.4. The summed E-state index contributed by atoms with van der Waals surface area (Å²) in [5.41, 5.74) is 2.61. The summed E-state index contributed by atoms with van der Waals surface area (Å²) in [6, 6.07) is 9.05. The predicted molar refractivity (Wildman–Crippen MR) is 78.3 cm³/mol. The number of nitrogens with one attached hydrogen (secondary N) is 2. The molecule has 1 aromatic heterocycles. The molecule has 0 atom stereocenters. The first kappa shape index (κ1) is 12.7. The van der Waals surface area contributed by atoms with Gasteiger partial charge in [0.25, 0.3) is 0 Å². The van der Waals surface area contributed by atoms with E-state index in [9.17, 15) is 5.11 Å². The summed E-state index contributed by atoms with van der Waals surface area (Å²) in [6.45, 7) is 1.02. The second-order valence-electron chi connectivity index (χ2n) is 5.57. The molecule has 1 aliphatic carbocycles. The van der Waals surface area contributed by atoms with Gasteiger partial charge < -0.3 is 15.4 Å². The van der Waals surface area contributed by atoms with Gasteiger partial charge in [-0.2, -0.15) is 0 Å². The second-order valence-corrected chi connectivity index (χ2v) is 5.57. The first-order valence-corrected chi connectivity index (χ1v) is 7.29. The van der Waals surface area contributed by atoms with Crippen molar-refractivity contribution in [3.05, 3.63) is 36.0 Å². The molecular formula is C16H22N2O. The van der Waals surface area contributed by atoms with Crippen LogP contribution in [0.4, 0.5) is 0 Å². The molecule has 19 heavy (non-hydrogen) atoms. The van der Waals surface area contributed by atoms with Gasteiger partial charge in [0.1, 0.15) is 0 Å². The number of H-pyrrole nitrogens is 1. The number of aliphatic hydroxyl groups is 1. The van der Waals surface area contributed by atoms with E-state index in [0.29, 0.717) is 6.04 Å². The maximum atomic E-state index is 9.49. The Morgan fingerprint density at radius 2 is 1.95 bits per heavy atom. The molecule has 1 fully saturated rings. The first-order chi connectivity index (χ1) is 9.33. The minimum absolute atomic E-state index is 0.0633. The third kappa shape index (κ3) is 2.99. The first-order valence-electron chi connectivity index (χ1n) is 7.29. The van der Waals surface area contributed by atoms with E-state index in [1.54, 1.807) is 0 Å². The summed E-state index contributed by atoms with van der Waals surface area (Å²) in [4.78, 5) is 3.32. The van der Waals surface area contributed by atoms with Gasteiger partial charge in [0, 0.05) is 23.1 Å². The Balaban J connectivity index is 1.52. The van der Waals surface area contributed by atoms with Crippen molar-refractivity contribution >= 4 is 10.9 Å². The van der Waals surface area contributed by atoms with Crippen molar-refractivity contribution in [1.82, 2.24) is 10.3 Å². The van der Waals surface area contributed by atoms with Crippen LogP contribution in [0.3, 0.4) is 0 Å². The Hall–Kier alpha value is -1.32. The fraction of sp³-hybridized carbons (Fsp3) is 0.500. The molecule has 3 nitrogen and oxygen atoms in total. The number of aliphatic hydroxyl groups excluding tert-OH is 1. The molecule has 1 saturated carbocycles. The third-order valence-corrected chi connectivity index (χ3v) is 4.20. The Morgan fingerprint density at radius 1 is 1.16 bits per heavy atom. The van der Waals surface area contributed by atoms with E-state index in [1.807, 2.05) is 0 Å². The van der Waals surface area contributed by atoms with Crippen LogP contribution >= 0.6 is 0 Å². The van der Waals surface area contributed by atoms with Crippen molar-refractivity contribution in [3.63, 3.8) is 0 Å². The zero-order valence-corrected chi connectivity index (χ0v) is 11.2. The molecule has 2 aromatic rings. The van der Waals surface area contributed by atoms with Crippen molar-refractivity contribution < 1.29 is 5.11 Å². The van der Waals surface area contributed by atoms with Gasteiger partial charge in [-0.05, 0) is 50.3 Å². The minimum Gasteiger partial charge on any atom is -0.393 e. The highest BCUT2D eigenvalue weighted by molar-refractivity contribution is 5.83. The molecule has 3 heteroatoms. The van der Waals surface area contributed by atoms with Gasteiger partial charge >= 0.3 is 0 Å². The fourth-order valence-corrected chi connectivity index (χ4v) is 3.03. The smallest absolute Gasteiger partial charge is 0.0541 e. The van der Waals surface area contributed by atoms with Crippen LogP contribution in [-0.2, 0) is 6.42 Å². The molecule has 0 aliphatic heterocycles. The third-order valence-electron chi connectivity index (χ3n) is 4.20. The van der Waals surface area contributed by atoms with E-state index in [4.69, 9.17) is 0 Å².